The van der Waals surface area contributed by atoms with Crippen molar-refractivity contribution in [2.45, 2.75) is 0 Å². The van der Waals surface area contributed by atoms with Crippen molar-refractivity contribution in [2.75, 3.05) is 0 Å². The zero-order valence-corrected chi connectivity index (χ0v) is 8.14. The van der Waals surface area contributed by atoms with Crippen LogP contribution in [0.15, 0.2) is 24.3 Å². The van der Waals surface area contributed by atoms with Crippen molar-refractivity contribution in [2.24, 2.45) is 0 Å². The van der Waals surface area contributed by atoms with Gasteiger partial charge >= 0.3 is 11.9 Å². The molecule has 0 atom stereocenters. The summed E-state index contributed by atoms with van der Waals surface area (Å²) >= 11 is 0. The molecule has 12 heavy (non-hydrogen) atoms. The molecular weight excluding hydrogens is 246 g/mol. The number of hydrogen-bond donors (Lipinski definition) is 2. The fourth-order valence-electron chi connectivity index (χ4n) is 0.276. The van der Waals surface area contributed by atoms with Crippen molar-refractivity contribution in [3.8, 4) is 0 Å². The average molecular weight is 252 g/mol. The number of rotatable bonds is 3. The Morgan fingerprint density at radius 2 is 1.08 bits per heavy atom. The van der Waals surface area contributed by atoms with Crippen LogP contribution in [-0.2, 0) is 43.7 Å². The Bertz CT molecular complexity index is 176. The minimum absolute atomic E-state index is 0. The molecular formula is C6H6Mn2O4. The molecule has 6 heteroatoms. The first-order valence-electron chi connectivity index (χ1n) is 2.43. The first-order valence-corrected chi connectivity index (χ1v) is 2.43. The van der Waals surface area contributed by atoms with Gasteiger partial charge in [0, 0.05) is 46.3 Å². The van der Waals surface area contributed by atoms with Crippen LogP contribution in [-0.4, -0.2) is 22.2 Å². The van der Waals surface area contributed by atoms with Crippen LogP contribution in [0.3, 0.4) is 0 Å². The van der Waals surface area contributed by atoms with Crippen molar-refractivity contribution in [3.63, 3.8) is 0 Å². The fraction of sp³-hybridized carbons (Fsp3) is 0. The largest absolute Gasteiger partial charge is 0.478 e. The molecule has 0 unspecified atom stereocenters. The van der Waals surface area contributed by atoms with E-state index in [1.165, 1.54) is 0 Å². The number of aliphatic carboxylic acids is 2. The smallest absolute Gasteiger partial charge is 0.328 e. The SMILES string of the molecule is O=C(O)/C=C\C=C\C(=O)O.[Mn].[Mn]. The van der Waals surface area contributed by atoms with E-state index >= 15 is 0 Å². The van der Waals surface area contributed by atoms with Crippen LogP contribution in [0.5, 0.6) is 0 Å². The van der Waals surface area contributed by atoms with Crippen LogP contribution in [0.1, 0.15) is 0 Å². The van der Waals surface area contributed by atoms with Crippen LogP contribution in [0.2, 0.25) is 0 Å². The van der Waals surface area contributed by atoms with E-state index in [0.29, 0.717) is 0 Å². The molecule has 0 spiro atoms. The molecule has 0 amide bonds. The van der Waals surface area contributed by atoms with E-state index in [1.54, 1.807) is 0 Å². The molecule has 2 radical (unpaired) electrons. The number of carbonyl (C=O) groups is 2. The molecule has 0 aliphatic rings. The van der Waals surface area contributed by atoms with Gasteiger partial charge in [-0.2, -0.15) is 0 Å². The van der Waals surface area contributed by atoms with Crippen LogP contribution >= 0.6 is 0 Å². The molecule has 0 aliphatic carbocycles. The third-order valence-electron chi connectivity index (χ3n) is 0.589. The van der Waals surface area contributed by atoms with Gasteiger partial charge in [0.2, 0.25) is 0 Å². The van der Waals surface area contributed by atoms with Gasteiger partial charge in [-0.25, -0.2) is 9.59 Å². The maximum Gasteiger partial charge on any atom is 0.328 e. The normalized spacial score (nSPS) is 9.00. The molecule has 0 aromatic carbocycles. The van der Waals surface area contributed by atoms with Crippen molar-refractivity contribution >= 4 is 11.9 Å². The summed E-state index contributed by atoms with van der Waals surface area (Å²) in [6.07, 6.45) is 3.96. The topological polar surface area (TPSA) is 74.6 Å². The Labute approximate surface area is 90.3 Å². The Balaban J connectivity index is -0.000000405. The summed E-state index contributed by atoms with van der Waals surface area (Å²) in [5, 5.41) is 16.0. The zero-order valence-electron chi connectivity index (χ0n) is 5.78. The van der Waals surface area contributed by atoms with Crippen molar-refractivity contribution in [1.29, 1.82) is 0 Å². The van der Waals surface area contributed by atoms with Crippen LogP contribution in [0, 0.1) is 0 Å². The second-order valence-corrected chi connectivity index (χ2v) is 1.39. The molecule has 0 aliphatic heterocycles. The van der Waals surface area contributed by atoms with Crippen LogP contribution < -0.4 is 0 Å². The molecule has 0 fully saturated rings. The van der Waals surface area contributed by atoms with Gasteiger partial charge in [-0.1, -0.05) is 12.2 Å². The van der Waals surface area contributed by atoms with Crippen molar-refractivity contribution in [1.82, 2.24) is 0 Å². The molecule has 0 rings (SSSR count). The predicted molar refractivity (Wildman–Crippen MR) is 33.6 cm³/mol. The first-order chi connectivity index (χ1) is 4.63. The van der Waals surface area contributed by atoms with Gasteiger partial charge in [0.25, 0.3) is 0 Å². The maximum absolute atomic E-state index is 9.78. The minimum Gasteiger partial charge on any atom is -0.478 e. The molecule has 0 bridgehead atoms. The van der Waals surface area contributed by atoms with Gasteiger partial charge in [-0.05, 0) is 0 Å². The van der Waals surface area contributed by atoms with Gasteiger partial charge in [0.15, 0.2) is 0 Å². The number of hydrogen-bond acceptors (Lipinski definition) is 2. The predicted octanol–water partition coefficient (Wildman–Crippen LogP) is 0.263. The van der Waals surface area contributed by atoms with Gasteiger partial charge in [0.05, 0.1) is 0 Å². The standard InChI is InChI=1S/C6H6O4.2Mn/c7-5(8)3-1-2-4-6(9)10;;/h1-4H,(H,7,8)(H,9,10);;/b3-1-,4-2+;;. The Morgan fingerprint density at radius 1 is 0.833 bits per heavy atom. The van der Waals surface area contributed by atoms with E-state index in [4.69, 9.17) is 10.2 Å². The molecule has 0 aromatic rings. The van der Waals surface area contributed by atoms with Gasteiger partial charge < -0.3 is 10.2 Å². The quantitative estimate of drug-likeness (QED) is 0.429. The molecule has 68 valence electrons. The van der Waals surface area contributed by atoms with Gasteiger partial charge in [-0.3, -0.25) is 0 Å². The fourth-order valence-corrected chi connectivity index (χ4v) is 0.276. The van der Waals surface area contributed by atoms with E-state index in [1.807, 2.05) is 0 Å². The molecule has 0 heterocycles. The zero-order chi connectivity index (χ0) is 7.98. The summed E-state index contributed by atoms with van der Waals surface area (Å²) in [6, 6.07) is 0. The summed E-state index contributed by atoms with van der Waals surface area (Å²) in [7, 11) is 0. The monoisotopic (exact) mass is 252 g/mol. The van der Waals surface area contributed by atoms with Crippen molar-refractivity contribution in [3.05, 3.63) is 24.3 Å². The number of allylic oxidation sites excluding steroid dienone is 2. The van der Waals surface area contributed by atoms with Gasteiger partial charge in [0.1, 0.15) is 0 Å². The second-order valence-electron chi connectivity index (χ2n) is 1.39. The number of carboxylic acids is 2. The summed E-state index contributed by atoms with van der Waals surface area (Å²) in [4.78, 5) is 19.6. The Morgan fingerprint density at radius 3 is 1.25 bits per heavy atom. The average Bonchev–Trinajstić information content (AvgIpc) is 1.79. The van der Waals surface area contributed by atoms with E-state index in [-0.39, 0.29) is 34.1 Å². The van der Waals surface area contributed by atoms with Gasteiger partial charge in [-0.15, -0.1) is 0 Å². The van der Waals surface area contributed by atoms with Crippen LogP contribution in [0.25, 0.3) is 0 Å². The van der Waals surface area contributed by atoms with E-state index in [0.717, 1.165) is 24.3 Å². The number of carboxylic acid groups (broad SMARTS) is 2. The van der Waals surface area contributed by atoms with E-state index in [9.17, 15) is 9.59 Å². The molecule has 0 aromatic heterocycles. The summed E-state index contributed by atoms with van der Waals surface area (Å²) in [5.41, 5.74) is 0. The Hall–Kier alpha value is -0.541. The van der Waals surface area contributed by atoms with Crippen molar-refractivity contribution < 1.29 is 53.9 Å². The third-order valence-corrected chi connectivity index (χ3v) is 0.589. The third kappa shape index (κ3) is 16.2. The first kappa shape index (κ1) is 17.5. The molecule has 4 nitrogen and oxygen atoms in total. The van der Waals surface area contributed by atoms with E-state index < -0.39 is 11.9 Å². The maximum atomic E-state index is 9.78. The summed E-state index contributed by atoms with van der Waals surface area (Å²) in [6.45, 7) is 0. The second kappa shape index (κ2) is 10.5. The summed E-state index contributed by atoms with van der Waals surface area (Å²) < 4.78 is 0. The summed E-state index contributed by atoms with van der Waals surface area (Å²) in [5.74, 6) is -2.20. The molecule has 0 saturated heterocycles. The van der Waals surface area contributed by atoms with Crippen LogP contribution in [0.4, 0.5) is 0 Å². The Kier molecular flexibility index (Phi) is 15.3. The molecule has 2 N–H and O–H groups in total. The molecule has 0 saturated carbocycles. The minimum atomic E-state index is -1.10. The van der Waals surface area contributed by atoms with E-state index in [2.05, 4.69) is 0 Å².